The predicted molar refractivity (Wildman–Crippen MR) is 58.0 cm³/mol. The van der Waals surface area contributed by atoms with Gasteiger partial charge in [-0.2, -0.15) is 0 Å². The Balaban J connectivity index is 2.48. The number of nitrogens with one attached hydrogen (secondary N) is 1. The molecule has 1 atom stereocenters. The third-order valence-electron chi connectivity index (χ3n) is 3.12. The average Bonchev–Trinajstić information content (AvgIpc) is 2.04. The minimum absolute atomic E-state index is 0.323. The molecule has 0 aromatic heterocycles. The van der Waals surface area contributed by atoms with Crippen molar-refractivity contribution in [3.8, 4) is 0 Å². The van der Waals surface area contributed by atoms with Gasteiger partial charge in [-0.25, -0.2) is 0 Å². The van der Waals surface area contributed by atoms with Crippen molar-refractivity contribution in [2.45, 2.75) is 39.2 Å². The van der Waals surface area contributed by atoms with Crippen LogP contribution in [0.15, 0.2) is 0 Å². The van der Waals surface area contributed by atoms with Crippen molar-refractivity contribution in [1.82, 2.24) is 10.2 Å². The van der Waals surface area contributed by atoms with E-state index in [1.54, 1.807) is 0 Å². The molecule has 0 spiro atoms. The molecular weight excluding hydrogens is 160 g/mol. The van der Waals surface area contributed by atoms with Crippen molar-refractivity contribution >= 4 is 0 Å². The number of hydrogen-bond acceptors (Lipinski definition) is 2. The lowest BCUT2D eigenvalue weighted by Gasteiger charge is -2.43. The number of hydrogen-bond donors (Lipinski definition) is 1. The Morgan fingerprint density at radius 3 is 2.69 bits per heavy atom. The summed E-state index contributed by atoms with van der Waals surface area (Å²) in [6.07, 6.45) is 2.78. The SMILES string of the molecule is CNCC(C)(C)N1CCCC(C)C1. The summed E-state index contributed by atoms with van der Waals surface area (Å²) in [6, 6.07) is 0. The molecule has 0 radical (unpaired) electrons. The van der Waals surface area contributed by atoms with Gasteiger partial charge >= 0.3 is 0 Å². The van der Waals surface area contributed by atoms with E-state index < -0.39 is 0 Å². The maximum Gasteiger partial charge on any atom is 0.0277 e. The van der Waals surface area contributed by atoms with Crippen molar-refractivity contribution in [3.63, 3.8) is 0 Å². The van der Waals surface area contributed by atoms with Gasteiger partial charge in [0.25, 0.3) is 0 Å². The number of likely N-dealkylation sites (tertiary alicyclic amines) is 1. The fraction of sp³-hybridized carbons (Fsp3) is 1.00. The number of nitrogens with zero attached hydrogens (tertiary/aromatic N) is 1. The highest BCUT2D eigenvalue weighted by Crippen LogP contribution is 2.23. The Bertz CT molecular complexity index is 154. The van der Waals surface area contributed by atoms with E-state index in [0.717, 1.165) is 12.5 Å². The van der Waals surface area contributed by atoms with Gasteiger partial charge < -0.3 is 5.32 Å². The van der Waals surface area contributed by atoms with Crippen molar-refractivity contribution in [1.29, 1.82) is 0 Å². The van der Waals surface area contributed by atoms with Crippen LogP contribution < -0.4 is 5.32 Å². The predicted octanol–water partition coefficient (Wildman–Crippen LogP) is 1.72. The molecule has 13 heavy (non-hydrogen) atoms. The first kappa shape index (κ1) is 11.0. The molecule has 2 nitrogen and oxygen atoms in total. The molecule has 1 saturated heterocycles. The van der Waals surface area contributed by atoms with Gasteiger partial charge in [-0.3, -0.25) is 4.90 Å². The van der Waals surface area contributed by atoms with Crippen molar-refractivity contribution in [3.05, 3.63) is 0 Å². The fourth-order valence-corrected chi connectivity index (χ4v) is 2.28. The average molecular weight is 184 g/mol. The van der Waals surface area contributed by atoms with Gasteiger partial charge in [0.15, 0.2) is 0 Å². The Morgan fingerprint density at radius 2 is 2.15 bits per heavy atom. The highest BCUT2D eigenvalue weighted by Gasteiger charge is 2.29. The third kappa shape index (κ3) is 2.96. The van der Waals surface area contributed by atoms with Crippen LogP contribution in [-0.2, 0) is 0 Å². The molecule has 0 amide bonds. The molecular formula is C11H24N2. The molecule has 0 saturated carbocycles. The van der Waals surface area contributed by atoms with Gasteiger partial charge in [0.2, 0.25) is 0 Å². The van der Waals surface area contributed by atoms with Crippen molar-refractivity contribution in [2.75, 3.05) is 26.7 Å². The van der Waals surface area contributed by atoms with Crippen LogP contribution in [0.25, 0.3) is 0 Å². The van der Waals surface area contributed by atoms with E-state index in [-0.39, 0.29) is 0 Å². The molecule has 1 heterocycles. The van der Waals surface area contributed by atoms with Crippen LogP contribution in [0, 0.1) is 5.92 Å². The maximum absolute atomic E-state index is 3.28. The molecule has 2 heteroatoms. The summed E-state index contributed by atoms with van der Waals surface area (Å²) in [5.74, 6) is 0.880. The largest absolute Gasteiger partial charge is 0.318 e. The molecule has 1 aliphatic rings. The zero-order valence-corrected chi connectivity index (χ0v) is 9.56. The van der Waals surface area contributed by atoms with Gasteiger partial charge in [0.05, 0.1) is 0 Å². The Labute approximate surface area is 82.7 Å². The van der Waals surface area contributed by atoms with Crippen LogP contribution in [0.2, 0.25) is 0 Å². The van der Waals surface area contributed by atoms with Crippen LogP contribution in [0.3, 0.4) is 0 Å². The lowest BCUT2D eigenvalue weighted by molar-refractivity contribution is 0.0723. The van der Waals surface area contributed by atoms with E-state index in [2.05, 4.69) is 31.0 Å². The molecule has 0 aliphatic carbocycles. The smallest absolute Gasteiger partial charge is 0.0277 e. The van der Waals surface area contributed by atoms with Gasteiger partial charge in [-0.05, 0) is 46.2 Å². The van der Waals surface area contributed by atoms with Gasteiger partial charge in [-0.1, -0.05) is 6.92 Å². The van der Waals surface area contributed by atoms with Crippen molar-refractivity contribution in [2.24, 2.45) is 5.92 Å². The first-order valence-corrected chi connectivity index (χ1v) is 5.46. The fourth-order valence-electron chi connectivity index (χ4n) is 2.28. The van der Waals surface area contributed by atoms with Crippen LogP contribution in [0.1, 0.15) is 33.6 Å². The van der Waals surface area contributed by atoms with Gasteiger partial charge in [0, 0.05) is 18.6 Å². The Hall–Kier alpha value is -0.0800. The molecule has 78 valence electrons. The number of piperidine rings is 1. The van der Waals surface area contributed by atoms with Crippen LogP contribution >= 0.6 is 0 Å². The molecule has 0 aromatic carbocycles. The summed E-state index contributed by atoms with van der Waals surface area (Å²) in [4.78, 5) is 2.62. The minimum atomic E-state index is 0.323. The molecule has 0 bridgehead atoms. The van der Waals surface area contributed by atoms with Crippen LogP contribution in [0.5, 0.6) is 0 Å². The second kappa shape index (κ2) is 4.43. The Morgan fingerprint density at radius 1 is 1.46 bits per heavy atom. The first-order valence-electron chi connectivity index (χ1n) is 5.46. The molecule has 1 aliphatic heterocycles. The zero-order chi connectivity index (χ0) is 9.90. The van der Waals surface area contributed by atoms with Gasteiger partial charge in [-0.15, -0.1) is 0 Å². The first-order chi connectivity index (χ1) is 6.06. The maximum atomic E-state index is 3.28. The zero-order valence-electron chi connectivity index (χ0n) is 9.56. The number of likely N-dealkylation sites (N-methyl/N-ethyl adjacent to an activating group) is 1. The lowest BCUT2D eigenvalue weighted by Crippen LogP contribution is -2.53. The molecule has 1 N–H and O–H groups in total. The molecule has 0 aromatic rings. The normalized spacial score (nSPS) is 26.3. The topological polar surface area (TPSA) is 15.3 Å². The van der Waals surface area contributed by atoms with E-state index >= 15 is 0 Å². The second-order valence-corrected chi connectivity index (χ2v) is 5.04. The summed E-state index contributed by atoms with van der Waals surface area (Å²) in [7, 11) is 2.04. The highest BCUT2D eigenvalue weighted by molar-refractivity contribution is 4.86. The second-order valence-electron chi connectivity index (χ2n) is 5.04. The van der Waals surface area contributed by atoms with E-state index in [4.69, 9.17) is 0 Å². The number of rotatable bonds is 3. The van der Waals surface area contributed by atoms with Gasteiger partial charge in [0.1, 0.15) is 0 Å². The highest BCUT2D eigenvalue weighted by atomic mass is 15.2. The summed E-state index contributed by atoms with van der Waals surface area (Å²) >= 11 is 0. The molecule has 1 fully saturated rings. The summed E-state index contributed by atoms with van der Waals surface area (Å²) in [5.41, 5.74) is 0.323. The van der Waals surface area contributed by atoms with E-state index in [1.807, 2.05) is 7.05 Å². The van der Waals surface area contributed by atoms with E-state index in [0.29, 0.717) is 5.54 Å². The summed E-state index contributed by atoms with van der Waals surface area (Å²) in [6.45, 7) is 10.7. The lowest BCUT2D eigenvalue weighted by atomic mass is 9.93. The van der Waals surface area contributed by atoms with E-state index in [9.17, 15) is 0 Å². The van der Waals surface area contributed by atoms with Crippen LogP contribution in [-0.4, -0.2) is 37.1 Å². The van der Waals surface area contributed by atoms with E-state index in [1.165, 1.54) is 25.9 Å². The Kier molecular flexibility index (Phi) is 3.74. The molecule has 1 rings (SSSR count). The van der Waals surface area contributed by atoms with Crippen LogP contribution in [0.4, 0.5) is 0 Å². The minimum Gasteiger partial charge on any atom is -0.318 e. The molecule has 1 unspecified atom stereocenters. The summed E-state index contributed by atoms with van der Waals surface area (Å²) in [5, 5.41) is 3.28. The van der Waals surface area contributed by atoms with Crippen molar-refractivity contribution < 1.29 is 0 Å². The third-order valence-corrected chi connectivity index (χ3v) is 3.12. The quantitative estimate of drug-likeness (QED) is 0.718. The monoisotopic (exact) mass is 184 g/mol. The standard InChI is InChI=1S/C11H24N2/c1-10-6-5-7-13(8-10)11(2,3)9-12-4/h10,12H,5-9H2,1-4H3. The summed E-state index contributed by atoms with van der Waals surface area (Å²) < 4.78 is 0.